The summed E-state index contributed by atoms with van der Waals surface area (Å²) >= 11 is 2.58. The fourth-order valence-electron chi connectivity index (χ4n) is 8.44. The Hall–Kier alpha value is 0.520. The summed E-state index contributed by atoms with van der Waals surface area (Å²) in [5.41, 5.74) is 0.660. The molecule has 0 amide bonds. The van der Waals surface area contributed by atoms with E-state index in [-0.39, 0.29) is 5.41 Å². The quantitative estimate of drug-likeness (QED) is 0.268. The zero-order valence-electron chi connectivity index (χ0n) is 17.1. The number of hydrogen-bond acceptors (Lipinski definition) is 0. The number of fused-ring (bicyclic) bond motifs is 5. The van der Waals surface area contributed by atoms with E-state index >= 15 is 0 Å². The van der Waals surface area contributed by atoms with Gasteiger partial charge in [-0.2, -0.15) is 13.2 Å². The van der Waals surface area contributed by atoms with Crippen LogP contribution in [0.15, 0.2) is 0 Å². The molecular weight excluding hydrogens is 460 g/mol. The SMILES string of the molecule is CC(I)CC1CCC2C3CCC4CC(C(F)(F)F)CCC4(C)C3CCC12C. The second-order valence-electron chi connectivity index (χ2n) is 11.0. The van der Waals surface area contributed by atoms with Crippen LogP contribution in [0, 0.1) is 46.3 Å². The second kappa shape index (κ2) is 7.04. The molecule has 4 fully saturated rings. The van der Waals surface area contributed by atoms with E-state index in [1.54, 1.807) is 0 Å². The van der Waals surface area contributed by atoms with Crippen molar-refractivity contribution in [2.75, 3.05) is 0 Å². The third-order valence-electron chi connectivity index (χ3n) is 9.93. The van der Waals surface area contributed by atoms with E-state index in [4.69, 9.17) is 0 Å². The van der Waals surface area contributed by atoms with Gasteiger partial charge in [-0.3, -0.25) is 0 Å². The van der Waals surface area contributed by atoms with Crippen molar-refractivity contribution in [3.63, 3.8) is 0 Å². The van der Waals surface area contributed by atoms with E-state index in [0.29, 0.717) is 30.1 Å². The first-order chi connectivity index (χ1) is 12.6. The van der Waals surface area contributed by atoms with Crippen molar-refractivity contribution in [3.8, 4) is 0 Å². The van der Waals surface area contributed by atoms with Gasteiger partial charge in [-0.1, -0.05) is 43.4 Å². The highest BCUT2D eigenvalue weighted by molar-refractivity contribution is 14.1. The van der Waals surface area contributed by atoms with Crippen LogP contribution >= 0.6 is 22.6 Å². The van der Waals surface area contributed by atoms with Gasteiger partial charge < -0.3 is 0 Å². The average molecular weight is 496 g/mol. The maximum Gasteiger partial charge on any atom is 0.391 e. The molecular formula is C23H36F3I. The third kappa shape index (κ3) is 3.40. The fraction of sp³-hybridized carbons (Fsp3) is 1.00. The van der Waals surface area contributed by atoms with E-state index in [1.807, 2.05) is 0 Å². The van der Waals surface area contributed by atoms with Crippen LogP contribution in [0.2, 0.25) is 0 Å². The lowest BCUT2D eigenvalue weighted by molar-refractivity contribution is -0.208. The van der Waals surface area contributed by atoms with E-state index in [2.05, 4.69) is 43.4 Å². The first-order valence-electron chi connectivity index (χ1n) is 11.3. The molecule has 9 unspecified atom stereocenters. The van der Waals surface area contributed by atoms with E-state index in [9.17, 15) is 13.2 Å². The highest BCUT2D eigenvalue weighted by Gasteiger charge is 2.61. The summed E-state index contributed by atoms with van der Waals surface area (Å²) in [5.74, 6) is 2.41. The molecule has 0 N–H and O–H groups in total. The Morgan fingerprint density at radius 3 is 2.26 bits per heavy atom. The van der Waals surface area contributed by atoms with Crippen molar-refractivity contribution in [2.45, 2.75) is 95.1 Å². The van der Waals surface area contributed by atoms with Crippen LogP contribution in [-0.4, -0.2) is 10.1 Å². The molecule has 4 rings (SSSR count). The molecule has 0 aliphatic heterocycles. The molecule has 0 aromatic heterocycles. The molecule has 156 valence electrons. The Morgan fingerprint density at radius 1 is 0.926 bits per heavy atom. The van der Waals surface area contributed by atoms with Gasteiger partial charge in [-0.15, -0.1) is 0 Å². The zero-order valence-corrected chi connectivity index (χ0v) is 19.3. The van der Waals surface area contributed by atoms with Crippen LogP contribution in [0.5, 0.6) is 0 Å². The first-order valence-corrected chi connectivity index (χ1v) is 12.5. The van der Waals surface area contributed by atoms with Crippen molar-refractivity contribution in [2.24, 2.45) is 46.3 Å². The lowest BCUT2D eigenvalue weighted by atomic mass is 9.44. The summed E-state index contributed by atoms with van der Waals surface area (Å²) in [4.78, 5) is 0. The predicted molar refractivity (Wildman–Crippen MR) is 113 cm³/mol. The molecule has 4 heteroatoms. The number of alkyl halides is 4. The summed E-state index contributed by atoms with van der Waals surface area (Å²) in [6.07, 6.45) is 6.52. The summed E-state index contributed by atoms with van der Waals surface area (Å²) in [6, 6.07) is 0. The normalized spacial score (nSPS) is 51.2. The van der Waals surface area contributed by atoms with Gasteiger partial charge in [0.1, 0.15) is 0 Å². The van der Waals surface area contributed by atoms with E-state index in [0.717, 1.165) is 34.5 Å². The number of rotatable bonds is 2. The molecule has 27 heavy (non-hydrogen) atoms. The molecule has 4 aliphatic carbocycles. The summed E-state index contributed by atoms with van der Waals surface area (Å²) in [7, 11) is 0. The summed E-state index contributed by atoms with van der Waals surface area (Å²) < 4.78 is 40.7. The van der Waals surface area contributed by atoms with Crippen molar-refractivity contribution in [1.82, 2.24) is 0 Å². The number of hydrogen-bond donors (Lipinski definition) is 0. The molecule has 0 aromatic carbocycles. The van der Waals surface area contributed by atoms with E-state index in [1.165, 1.54) is 38.5 Å². The average Bonchev–Trinajstić information content (AvgIpc) is 2.89. The maximum absolute atomic E-state index is 13.3. The maximum atomic E-state index is 13.3. The van der Waals surface area contributed by atoms with Gasteiger partial charge in [0, 0.05) is 3.92 Å². The van der Waals surface area contributed by atoms with Crippen molar-refractivity contribution >= 4 is 22.6 Å². The Kier molecular flexibility index (Phi) is 5.42. The van der Waals surface area contributed by atoms with Crippen molar-refractivity contribution < 1.29 is 13.2 Å². The van der Waals surface area contributed by atoms with Gasteiger partial charge in [0.25, 0.3) is 0 Å². The van der Waals surface area contributed by atoms with E-state index < -0.39 is 12.1 Å². The minimum atomic E-state index is -3.99. The van der Waals surface area contributed by atoms with Crippen LogP contribution in [0.25, 0.3) is 0 Å². The van der Waals surface area contributed by atoms with Crippen LogP contribution < -0.4 is 0 Å². The molecule has 0 spiro atoms. The first kappa shape index (κ1) is 20.8. The molecule has 0 nitrogen and oxygen atoms in total. The fourth-order valence-corrected chi connectivity index (χ4v) is 9.06. The zero-order chi connectivity index (χ0) is 19.6. The Labute approximate surface area is 177 Å². The standard InChI is InChI=1S/C23H36F3I/c1-14(27)12-15-5-7-19-18-6-4-16-13-17(23(24,25)26)8-10-21(16,2)20(18)9-11-22(15,19)3/h14-20H,4-13H2,1-3H3. The van der Waals surface area contributed by atoms with Gasteiger partial charge in [0.15, 0.2) is 0 Å². The monoisotopic (exact) mass is 496 g/mol. The molecule has 0 aromatic rings. The highest BCUT2D eigenvalue weighted by atomic mass is 127. The van der Waals surface area contributed by atoms with Crippen molar-refractivity contribution in [3.05, 3.63) is 0 Å². The van der Waals surface area contributed by atoms with Crippen LogP contribution in [0.1, 0.15) is 85.0 Å². The Bertz CT molecular complexity index is 558. The van der Waals surface area contributed by atoms with Crippen molar-refractivity contribution in [1.29, 1.82) is 0 Å². The van der Waals surface area contributed by atoms with Gasteiger partial charge >= 0.3 is 6.18 Å². The largest absolute Gasteiger partial charge is 0.391 e. The second-order valence-corrected chi connectivity index (χ2v) is 13.1. The lowest BCUT2D eigenvalue weighted by Gasteiger charge is -2.61. The van der Waals surface area contributed by atoms with Gasteiger partial charge in [-0.25, -0.2) is 0 Å². The summed E-state index contributed by atoms with van der Waals surface area (Å²) in [5, 5.41) is 0. The van der Waals surface area contributed by atoms with Gasteiger partial charge in [0.2, 0.25) is 0 Å². The lowest BCUT2D eigenvalue weighted by Crippen LogP contribution is -2.54. The minimum absolute atomic E-state index is 0.167. The molecule has 0 radical (unpaired) electrons. The predicted octanol–water partition coefficient (Wildman–Crippen LogP) is 8.04. The van der Waals surface area contributed by atoms with Crippen LogP contribution in [-0.2, 0) is 0 Å². The number of halogens is 4. The molecule has 0 bridgehead atoms. The topological polar surface area (TPSA) is 0 Å². The molecule has 9 atom stereocenters. The van der Waals surface area contributed by atoms with Gasteiger partial charge in [-0.05, 0) is 105 Å². The Balaban J connectivity index is 1.53. The molecule has 0 saturated heterocycles. The summed E-state index contributed by atoms with van der Waals surface area (Å²) in [6.45, 7) is 7.29. The highest BCUT2D eigenvalue weighted by Crippen LogP contribution is 2.68. The molecule has 4 saturated carbocycles. The smallest absolute Gasteiger partial charge is 0.171 e. The van der Waals surface area contributed by atoms with Crippen LogP contribution in [0.4, 0.5) is 13.2 Å². The molecule has 4 aliphatic rings. The van der Waals surface area contributed by atoms with Gasteiger partial charge in [0.05, 0.1) is 5.92 Å². The third-order valence-corrected chi connectivity index (χ3v) is 10.4. The Morgan fingerprint density at radius 2 is 1.59 bits per heavy atom. The van der Waals surface area contributed by atoms with Crippen LogP contribution in [0.3, 0.4) is 0 Å². The molecule has 0 heterocycles. The minimum Gasteiger partial charge on any atom is -0.171 e.